The molecule has 0 radical (unpaired) electrons. The van der Waals surface area contributed by atoms with Crippen molar-refractivity contribution in [3.8, 4) is 0 Å². The Morgan fingerprint density at radius 3 is 2.52 bits per heavy atom. The topological polar surface area (TPSA) is 102 Å². The van der Waals surface area contributed by atoms with Gasteiger partial charge in [0, 0.05) is 12.1 Å². The van der Waals surface area contributed by atoms with E-state index in [1.54, 1.807) is 20.8 Å². The van der Waals surface area contributed by atoms with Crippen LogP contribution < -0.4 is 0 Å². The number of carbonyl (C=O) groups excluding carboxylic acids is 4. The number of allylic oxidation sites excluding steroid dienone is 2. The quantitative estimate of drug-likeness (QED) is 0.535. The van der Waals surface area contributed by atoms with Gasteiger partial charge in [-0.15, -0.1) is 0 Å². The second-order valence-corrected chi connectivity index (χ2v) is 6.90. The minimum Gasteiger partial charge on any atom is -0.444 e. The van der Waals surface area contributed by atoms with E-state index in [0.717, 1.165) is 0 Å². The Balaban J connectivity index is 2.03. The van der Waals surface area contributed by atoms with Gasteiger partial charge in [0.05, 0.1) is 18.7 Å². The summed E-state index contributed by atoms with van der Waals surface area (Å²) in [6.45, 7) is 12.3. The standard InChI is InChI=1S/C18H22N2O7/c1-6-7-12-11(2)14(21)20(15(12)22)27-16(23)13-10-19(8-9-25-13)17(24)26-18(3,4)5/h6-7,13H,1-2,8-10H2,3-5H3/b12-7+. The highest BCUT2D eigenvalue weighted by molar-refractivity contribution is 6.23. The van der Waals surface area contributed by atoms with Crippen molar-refractivity contribution in [3.63, 3.8) is 0 Å². The molecule has 2 saturated heterocycles. The Morgan fingerprint density at radius 2 is 1.93 bits per heavy atom. The second kappa shape index (κ2) is 7.75. The van der Waals surface area contributed by atoms with Gasteiger partial charge in [0.2, 0.25) is 0 Å². The number of nitrogens with zero attached hydrogens (tertiary/aromatic N) is 2. The van der Waals surface area contributed by atoms with Crippen LogP contribution in [0, 0.1) is 0 Å². The molecule has 9 heteroatoms. The van der Waals surface area contributed by atoms with Crippen LogP contribution in [0.1, 0.15) is 20.8 Å². The maximum Gasteiger partial charge on any atom is 0.410 e. The molecule has 0 aromatic rings. The van der Waals surface area contributed by atoms with Gasteiger partial charge in [-0.25, -0.2) is 9.59 Å². The van der Waals surface area contributed by atoms with Crippen molar-refractivity contribution in [2.75, 3.05) is 19.7 Å². The number of imide groups is 1. The fourth-order valence-electron chi connectivity index (χ4n) is 2.37. The summed E-state index contributed by atoms with van der Waals surface area (Å²) < 4.78 is 10.6. The van der Waals surface area contributed by atoms with Gasteiger partial charge >= 0.3 is 12.1 Å². The predicted molar refractivity (Wildman–Crippen MR) is 92.9 cm³/mol. The average Bonchev–Trinajstić information content (AvgIpc) is 2.78. The molecule has 2 fully saturated rings. The van der Waals surface area contributed by atoms with Crippen LogP contribution in [-0.4, -0.2) is 65.2 Å². The lowest BCUT2D eigenvalue weighted by molar-refractivity contribution is -0.206. The highest BCUT2D eigenvalue weighted by Crippen LogP contribution is 2.24. The molecule has 1 atom stereocenters. The molecule has 2 aliphatic rings. The number of hydroxylamine groups is 2. The lowest BCUT2D eigenvalue weighted by Gasteiger charge is -2.33. The molecule has 0 N–H and O–H groups in total. The molecule has 2 rings (SSSR count). The van der Waals surface area contributed by atoms with E-state index in [1.165, 1.54) is 17.1 Å². The van der Waals surface area contributed by atoms with Crippen molar-refractivity contribution in [2.45, 2.75) is 32.5 Å². The summed E-state index contributed by atoms with van der Waals surface area (Å²) in [7, 11) is 0. The zero-order valence-electron chi connectivity index (χ0n) is 15.5. The Bertz CT molecular complexity index is 732. The first-order chi connectivity index (χ1) is 12.5. The fourth-order valence-corrected chi connectivity index (χ4v) is 2.37. The van der Waals surface area contributed by atoms with Gasteiger partial charge in [0.15, 0.2) is 6.10 Å². The van der Waals surface area contributed by atoms with Gasteiger partial charge in [-0.05, 0) is 26.8 Å². The van der Waals surface area contributed by atoms with Gasteiger partial charge < -0.3 is 19.2 Å². The molecule has 9 nitrogen and oxygen atoms in total. The second-order valence-electron chi connectivity index (χ2n) is 6.90. The lowest BCUT2D eigenvalue weighted by atomic mass is 10.1. The maximum atomic E-state index is 12.3. The summed E-state index contributed by atoms with van der Waals surface area (Å²) in [6.07, 6.45) is 0.867. The van der Waals surface area contributed by atoms with Crippen LogP contribution in [0.25, 0.3) is 0 Å². The predicted octanol–water partition coefficient (Wildman–Crippen LogP) is 1.12. The molecular weight excluding hydrogens is 356 g/mol. The number of hydrogen-bond acceptors (Lipinski definition) is 7. The van der Waals surface area contributed by atoms with E-state index in [1.807, 2.05) is 0 Å². The van der Waals surface area contributed by atoms with E-state index in [4.69, 9.17) is 14.3 Å². The van der Waals surface area contributed by atoms with Crippen molar-refractivity contribution in [2.24, 2.45) is 0 Å². The lowest BCUT2D eigenvalue weighted by Crippen LogP contribution is -2.51. The Labute approximate surface area is 156 Å². The number of rotatable bonds is 3. The van der Waals surface area contributed by atoms with E-state index in [2.05, 4.69) is 13.2 Å². The summed E-state index contributed by atoms with van der Waals surface area (Å²) >= 11 is 0. The number of hydrogen-bond donors (Lipinski definition) is 0. The molecule has 2 aliphatic heterocycles. The molecule has 1 unspecified atom stereocenters. The third kappa shape index (κ3) is 4.62. The number of morpholine rings is 1. The van der Waals surface area contributed by atoms with Crippen LogP contribution in [-0.2, 0) is 28.7 Å². The normalized spacial score (nSPS) is 22.3. The first-order valence-electron chi connectivity index (χ1n) is 8.27. The van der Waals surface area contributed by atoms with Crippen LogP contribution >= 0.6 is 0 Å². The number of carbonyl (C=O) groups is 4. The van der Waals surface area contributed by atoms with Crippen molar-refractivity contribution in [3.05, 3.63) is 36.5 Å². The third-order valence-corrected chi connectivity index (χ3v) is 3.63. The molecule has 27 heavy (non-hydrogen) atoms. The monoisotopic (exact) mass is 378 g/mol. The highest BCUT2D eigenvalue weighted by atomic mass is 16.7. The summed E-state index contributed by atoms with van der Waals surface area (Å²) in [6, 6.07) is 0. The van der Waals surface area contributed by atoms with E-state index >= 15 is 0 Å². The molecule has 3 amide bonds. The summed E-state index contributed by atoms with van der Waals surface area (Å²) in [4.78, 5) is 54.9. The largest absolute Gasteiger partial charge is 0.444 e. The molecular formula is C18H22N2O7. The van der Waals surface area contributed by atoms with E-state index in [9.17, 15) is 19.2 Å². The van der Waals surface area contributed by atoms with Crippen LogP contribution in [0.2, 0.25) is 0 Å². The summed E-state index contributed by atoms with van der Waals surface area (Å²) in [5.41, 5.74) is -0.802. The van der Waals surface area contributed by atoms with Crippen LogP contribution in [0.4, 0.5) is 4.79 Å². The van der Waals surface area contributed by atoms with Gasteiger partial charge in [-0.2, -0.15) is 0 Å². The van der Waals surface area contributed by atoms with Crippen LogP contribution in [0.5, 0.6) is 0 Å². The van der Waals surface area contributed by atoms with Crippen molar-refractivity contribution >= 4 is 23.9 Å². The van der Waals surface area contributed by atoms with Gasteiger partial charge in [0.25, 0.3) is 11.8 Å². The van der Waals surface area contributed by atoms with Crippen molar-refractivity contribution < 1.29 is 33.5 Å². The zero-order valence-corrected chi connectivity index (χ0v) is 15.5. The molecule has 0 aromatic carbocycles. The molecule has 0 aliphatic carbocycles. The smallest absolute Gasteiger partial charge is 0.410 e. The van der Waals surface area contributed by atoms with Crippen LogP contribution in [0.3, 0.4) is 0 Å². The van der Waals surface area contributed by atoms with E-state index in [0.29, 0.717) is 5.06 Å². The molecule has 2 heterocycles. The number of ether oxygens (including phenoxy) is 2. The Hall–Kier alpha value is -2.94. The summed E-state index contributed by atoms with van der Waals surface area (Å²) in [5.74, 6) is -2.64. The average molecular weight is 378 g/mol. The minimum atomic E-state index is -1.16. The van der Waals surface area contributed by atoms with Crippen molar-refractivity contribution in [1.82, 2.24) is 9.96 Å². The van der Waals surface area contributed by atoms with Gasteiger partial charge in [0.1, 0.15) is 5.60 Å². The first-order valence-corrected chi connectivity index (χ1v) is 8.27. The highest BCUT2D eigenvalue weighted by Gasteiger charge is 2.42. The molecule has 0 saturated carbocycles. The van der Waals surface area contributed by atoms with E-state index in [-0.39, 0.29) is 30.8 Å². The molecule has 0 bridgehead atoms. The molecule has 0 aromatic heterocycles. The Morgan fingerprint density at radius 1 is 1.26 bits per heavy atom. The fraction of sp³-hybridized carbons (Fsp3) is 0.444. The van der Waals surface area contributed by atoms with Gasteiger partial charge in [-0.1, -0.05) is 24.3 Å². The first kappa shape index (κ1) is 20.4. The molecule has 146 valence electrons. The minimum absolute atomic E-state index is 0.0113. The molecule has 0 spiro atoms. The number of amides is 3. The Kier molecular flexibility index (Phi) is 5.85. The van der Waals surface area contributed by atoms with E-state index < -0.39 is 35.6 Å². The summed E-state index contributed by atoms with van der Waals surface area (Å²) in [5, 5.41) is 0.329. The van der Waals surface area contributed by atoms with Crippen LogP contribution in [0.15, 0.2) is 36.5 Å². The third-order valence-electron chi connectivity index (χ3n) is 3.63. The SMILES string of the molecule is C=C/C=C1\C(=C)C(=O)N(OC(=O)C2CN(C(=O)OC(C)(C)C)CCO2)C1=O. The van der Waals surface area contributed by atoms with Gasteiger partial charge in [-0.3, -0.25) is 9.59 Å². The zero-order chi connectivity index (χ0) is 20.4. The van der Waals surface area contributed by atoms with Crippen molar-refractivity contribution in [1.29, 1.82) is 0 Å². The maximum absolute atomic E-state index is 12.3.